The smallest absolute Gasteiger partial charge is 0.253 e. The lowest BCUT2D eigenvalue weighted by Gasteiger charge is -2.18. The molecule has 4 heteroatoms. The highest BCUT2D eigenvalue weighted by Crippen LogP contribution is 2.22. The Hall–Kier alpha value is -3.66. The SMILES string of the molecule is CCCCc1cn(Cc2ccc(-c3ccccc3)cc2)c2cc(C(=O)N3CCCC3)ccc2c1=O. The number of carbonyl (C=O) groups excluding carboxylic acids is 1. The van der Waals surface area contributed by atoms with E-state index in [0.717, 1.165) is 61.8 Å². The Morgan fingerprint density at radius 1 is 0.886 bits per heavy atom. The minimum Gasteiger partial charge on any atom is -0.343 e. The van der Waals surface area contributed by atoms with E-state index in [1.165, 1.54) is 11.1 Å². The van der Waals surface area contributed by atoms with Gasteiger partial charge >= 0.3 is 0 Å². The molecule has 2 heterocycles. The van der Waals surface area contributed by atoms with Gasteiger partial charge < -0.3 is 9.47 Å². The molecule has 0 bridgehead atoms. The standard InChI is InChI=1S/C31H32N2O2/c1-2-3-9-27-22-33(21-23-12-14-25(15-13-23)24-10-5-4-6-11-24)29-20-26(16-17-28(29)30(27)34)31(35)32-18-7-8-19-32/h4-6,10-17,20,22H,2-3,7-9,18-19,21H2,1H3. The van der Waals surface area contributed by atoms with E-state index in [4.69, 9.17) is 0 Å². The molecule has 0 radical (unpaired) electrons. The topological polar surface area (TPSA) is 42.3 Å². The lowest BCUT2D eigenvalue weighted by atomic mass is 10.0. The molecule has 0 spiro atoms. The summed E-state index contributed by atoms with van der Waals surface area (Å²) in [6.45, 7) is 4.41. The summed E-state index contributed by atoms with van der Waals surface area (Å²) < 4.78 is 2.15. The van der Waals surface area contributed by atoms with Crippen molar-refractivity contribution < 1.29 is 4.79 Å². The van der Waals surface area contributed by atoms with E-state index in [9.17, 15) is 9.59 Å². The largest absolute Gasteiger partial charge is 0.343 e. The normalized spacial score (nSPS) is 13.5. The van der Waals surface area contributed by atoms with Gasteiger partial charge in [0.1, 0.15) is 0 Å². The van der Waals surface area contributed by atoms with Gasteiger partial charge in [0, 0.05) is 42.3 Å². The van der Waals surface area contributed by atoms with Crippen LogP contribution in [0.1, 0.15) is 54.1 Å². The molecule has 35 heavy (non-hydrogen) atoms. The van der Waals surface area contributed by atoms with Crippen LogP contribution in [0.2, 0.25) is 0 Å². The van der Waals surface area contributed by atoms with E-state index in [2.05, 4.69) is 60.0 Å². The molecule has 0 saturated carbocycles. The van der Waals surface area contributed by atoms with Crippen molar-refractivity contribution in [3.8, 4) is 11.1 Å². The summed E-state index contributed by atoms with van der Waals surface area (Å²) in [5.41, 5.74) is 5.96. The molecule has 5 rings (SSSR count). The van der Waals surface area contributed by atoms with Crippen molar-refractivity contribution in [1.29, 1.82) is 0 Å². The van der Waals surface area contributed by atoms with Crippen LogP contribution in [0.3, 0.4) is 0 Å². The number of carbonyl (C=O) groups is 1. The predicted molar refractivity (Wildman–Crippen MR) is 143 cm³/mol. The van der Waals surface area contributed by atoms with Gasteiger partial charge in [-0.3, -0.25) is 9.59 Å². The van der Waals surface area contributed by atoms with E-state index in [1.54, 1.807) is 0 Å². The molecule has 1 aromatic heterocycles. The number of unbranched alkanes of at least 4 members (excludes halogenated alkanes) is 1. The average Bonchev–Trinajstić information content (AvgIpc) is 3.45. The number of likely N-dealkylation sites (tertiary alicyclic amines) is 1. The van der Waals surface area contributed by atoms with Gasteiger partial charge in [0.25, 0.3) is 5.91 Å². The molecule has 4 nitrogen and oxygen atoms in total. The monoisotopic (exact) mass is 464 g/mol. The molecule has 1 aliphatic rings. The Kier molecular flexibility index (Phi) is 6.80. The fourth-order valence-corrected chi connectivity index (χ4v) is 4.99. The molecule has 0 N–H and O–H groups in total. The zero-order valence-corrected chi connectivity index (χ0v) is 20.4. The molecule has 1 fully saturated rings. The van der Waals surface area contributed by atoms with E-state index >= 15 is 0 Å². The van der Waals surface area contributed by atoms with E-state index in [-0.39, 0.29) is 11.3 Å². The zero-order chi connectivity index (χ0) is 24.2. The van der Waals surface area contributed by atoms with Crippen LogP contribution >= 0.6 is 0 Å². The van der Waals surface area contributed by atoms with Crippen molar-refractivity contribution in [1.82, 2.24) is 9.47 Å². The first-order valence-corrected chi connectivity index (χ1v) is 12.7. The number of fused-ring (bicyclic) bond motifs is 1. The highest BCUT2D eigenvalue weighted by atomic mass is 16.2. The summed E-state index contributed by atoms with van der Waals surface area (Å²) >= 11 is 0. The summed E-state index contributed by atoms with van der Waals surface area (Å²) in [5.74, 6) is 0.0608. The Morgan fingerprint density at radius 3 is 2.31 bits per heavy atom. The van der Waals surface area contributed by atoms with Crippen LogP contribution in [0.5, 0.6) is 0 Å². The first-order chi connectivity index (χ1) is 17.1. The van der Waals surface area contributed by atoms with Crippen molar-refractivity contribution in [3.63, 3.8) is 0 Å². The van der Waals surface area contributed by atoms with Gasteiger partial charge in [-0.25, -0.2) is 0 Å². The van der Waals surface area contributed by atoms with Gasteiger partial charge in [-0.05, 0) is 60.6 Å². The Balaban J connectivity index is 1.53. The van der Waals surface area contributed by atoms with Crippen LogP contribution in [0, 0.1) is 0 Å². The highest BCUT2D eigenvalue weighted by Gasteiger charge is 2.20. The van der Waals surface area contributed by atoms with E-state index < -0.39 is 0 Å². The van der Waals surface area contributed by atoms with E-state index in [1.807, 2.05) is 35.4 Å². The molecule has 1 amide bonds. The van der Waals surface area contributed by atoms with Gasteiger partial charge in [-0.1, -0.05) is 67.9 Å². The maximum absolute atomic E-state index is 13.3. The summed E-state index contributed by atoms with van der Waals surface area (Å²) in [4.78, 5) is 28.3. The summed E-state index contributed by atoms with van der Waals surface area (Å²) in [5, 5.41) is 0.692. The van der Waals surface area contributed by atoms with Gasteiger partial charge in [0.05, 0.1) is 5.52 Å². The molecule has 178 valence electrons. The first-order valence-electron chi connectivity index (χ1n) is 12.7. The molecule has 1 aliphatic heterocycles. The maximum atomic E-state index is 13.3. The van der Waals surface area contributed by atoms with Crippen molar-refractivity contribution in [2.24, 2.45) is 0 Å². The Bertz CT molecular complexity index is 1380. The van der Waals surface area contributed by atoms with Gasteiger partial charge in [0.2, 0.25) is 0 Å². The van der Waals surface area contributed by atoms with Crippen LogP contribution in [0.4, 0.5) is 0 Å². The van der Waals surface area contributed by atoms with Gasteiger partial charge in [0.15, 0.2) is 5.43 Å². The Labute approximate surface area is 206 Å². The van der Waals surface area contributed by atoms with Crippen LogP contribution in [-0.2, 0) is 13.0 Å². The van der Waals surface area contributed by atoms with Crippen LogP contribution < -0.4 is 5.43 Å². The van der Waals surface area contributed by atoms with Crippen LogP contribution in [-0.4, -0.2) is 28.5 Å². The molecule has 4 aromatic rings. The van der Waals surface area contributed by atoms with Gasteiger partial charge in [-0.15, -0.1) is 0 Å². The van der Waals surface area contributed by atoms with Crippen molar-refractivity contribution in [2.75, 3.05) is 13.1 Å². The van der Waals surface area contributed by atoms with Gasteiger partial charge in [-0.2, -0.15) is 0 Å². The Morgan fingerprint density at radius 2 is 1.60 bits per heavy atom. The minimum atomic E-state index is 0.0608. The second-order valence-electron chi connectivity index (χ2n) is 9.51. The first kappa shape index (κ1) is 23.1. The fourth-order valence-electron chi connectivity index (χ4n) is 4.99. The molecular weight excluding hydrogens is 432 g/mol. The lowest BCUT2D eigenvalue weighted by Crippen LogP contribution is -2.27. The molecular formula is C31H32N2O2. The number of hydrogen-bond acceptors (Lipinski definition) is 2. The molecule has 0 atom stereocenters. The predicted octanol–water partition coefficient (Wildman–Crippen LogP) is 6.30. The second-order valence-corrected chi connectivity index (χ2v) is 9.51. The number of hydrogen-bond donors (Lipinski definition) is 0. The third-order valence-electron chi connectivity index (χ3n) is 7.01. The molecule has 3 aromatic carbocycles. The van der Waals surface area contributed by atoms with Crippen molar-refractivity contribution in [3.05, 3.63) is 106 Å². The summed E-state index contributed by atoms with van der Waals surface area (Å²) in [6, 6.07) is 24.5. The highest BCUT2D eigenvalue weighted by molar-refractivity contribution is 5.98. The number of nitrogens with zero attached hydrogens (tertiary/aromatic N) is 2. The van der Waals surface area contributed by atoms with Crippen molar-refractivity contribution in [2.45, 2.75) is 45.6 Å². The minimum absolute atomic E-state index is 0.0608. The summed E-state index contributed by atoms with van der Waals surface area (Å²) in [7, 11) is 0. The number of aryl methyl sites for hydroxylation is 1. The third kappa shape index (κ3) is 4.93. The average molecular weight is 465 g/mol. The van der Waals surface area contributed by atoms with Crippen LogP contribution in [0.15, 0.2) is 83.8 Å². The molecule has 0 aliphatic carbocycles. The molecule has 1 saturated heterocycles. The lowest BCUT2D eigenvalue weighted by molar-refractivity contribution is 0.0793. The second kappa shape index (κ2) is 10.3. The zero-order valence-electron chi connectivity index (χ0n) is 20.4. The molecule has 0 unspecified atom stereocenters. The fraction of sp³-hybridized carbons (Fsp3) is 0.290. The number of pyridine rings is 1. The summed E-state index contributed by atoms with van der Waals surface area (Å²) in [6.07, 6.45) is 6.93. The number of rotatable bonds is 7. The number of amides is 1. The number of aromatic nitrogens is 1. The third-order valence-corrected chi connectivity index (χ3v) is 7.01. The maximum Gasteiger partial charge on any atom is 0.253 e. The van der Waals surface area contributed by atoms with Crippen LogP contribution in [0.25, 0.3) is 22.0 Å². The quantitative estimate of drug-likeness (QED) is 0.322. The number of benzene rings is 3. The van der Waals surface area contributed by atoms with Crippen molar-refractivity contribution >= 4 is 16.8 Å². The van der Waals surface area contributed by atoms with E-state index in [0.29, 0.717) is 17.5 Å².